The van der Waals surface area contributed by atoms with Crippen LogP contribution in [0.4, 0.5) is 20.2 Å². The van der Waals surface area contributed by atoms with E-state index >= 15 is 0 Å². The van der Waals surface area contributed by atoms with Gasteiger partial charge in [0.2, 0.25) is 0 Å². The molecule has 0 bridgehead atoms. The third-order valence-electron chi connectivity index (χ3n) is 4.02. The van der Waals surface area contributed by atoms with Crippen molar-refractivity contribution < 1.29 is 25.6 Å². The van der Waals surface area contributed by atoms with Gasteiger partial charge in [-0.15, -0.1) is 0 Å². The molecule has 0 atom stereocenters. The van der Waals surface area contributed by atoms with Gasteiger partial charge in [0.25, 0.3) is 25.8 Å². The predicted octanol–water partition coefficient (Wildman–Crippen LogP) is 4.47. The zero-order valence-electron chi connectivity index (χ0n) is 16.1. The first kappa shape index (κ1) is 23.5. The van der Waals surface area contributed by atoms with Crippen LogP contribution in [0.15, 0.2) is 87.5 Å². The summed E-state index contributed by atoms with van der Waals surface area (Å²) in [5.74, 6) is -2.59. The molecule has 32 heavy (non-hydrogen) atoms. The van der Waals surface area contributed by atoms with Gasteiger partial charge in [0.05, 0.1) is 27.1 Å². The molecule has 3 rings (SSSR count). The van der Waals surface area contributed by atoms with Gasteiger partial charge in [-0.3, -0.25) is 9.44 Å². The Morgan fingerprint density at radius 3 is 1.97 bits per heavy atom. The van der Waals surface area contributed by atoms with E-state index in [4.69, 9.17) is 5.26 Å². The molecule has 2 N–H and O–H groups in total. The van der Waals surface area contributed by atoms with E-state index in [0.717, 1.165) is 6.07 Å². The molecule has 0 saturated heterocycles. The van der Waals surface area contributed by atoms with Crippen molar-refractivity contribution in [1.29, 1.82) is 5.26 Å². The summed E-state index contributed by atoms with van der Waals surface area (Å²) >= 11 is 0.337. The van der Waals surface area contributed by atoms with Crippen molar-refractivity contribution in [2.75, 3.05) is 9.44 Å². The first-order valence-corrected chi connectivity index (χ1v) is 12.6. The zero-order chi connectivity index (χ0) is 23.4. The highest BCUT2D eigenvalue weighted by Crippen LogP contribution is 2.27. The predicted molar refractivity (Wildman–Crippen MR) is 118 cm³/mol. The number of thioether (sulfide) groups is 1. The van der Waals surface area contributed by atoms with Gasteiger partial charge in [0.15, 0.2) is 0 Å². The third kappa shape index (κ3) is 5.97. The molecule has 0 aliphatic carbocycles. The van der Waals surface area contributed by atoms with Crippen LogP contribution in [0.25, 0.3) is 0 Å². The molecule has 0 aliphatic heterocycles. The molecule has 12 heteroatoms. The minimum atomic E-state index is -4.08. The van der Waals surface area contributed by atoms with E-state index in [1.807, 2.05) is 6.07 Å². The van der Waals surface area contributed by atoms with Crippen LogP contribution in [-0.4, -0.2) is 22.6 Å². The van der Waals surface area contributed by atoms with Crippen LogP contribution in [-0.2, 0) is 20.0 Å². The molecule has 3 aromatic carbocycles. The zero-order valence-corrected chi connectivity index (χ0v) is 18.5. The van der Waals surface area contributed by atoms with Crippen molar-refractivity contribution in [3.8, 4) is 6.07 Å². The van der Waals surface area contributed by atoms with E-state index in [9.17, 15) is 25.6 Å². The van der Waals surface area contributed by atoms with Crippen LogP contribution >= 0.6 is 11.8 Å². The molecular weight excluding hydrogens is 480 g/mol. The maximum Gasteiger partial charge on any atom is 0.288 e. The number of halogens is 2. The fourth-order valence-electron chi connectivity index (χ4n) is 2.57. The molecule has 0 radical (unpaired) electrons. The molecule has 0 amide bonds. The van der Waals surface area contributed by atoms with Gasteiger partial charge >= 0.3 is 0 Å². The third-order valence-corrected chi connectivity index (χ3v) is 7.52. The van der Waals surface area contributed by atoms with Crippen molar-refractivity contribution in [3.63, 3.8) is 0 Å². The Labute approximate surface area is 188 Å². The topological polar surface area (TPSA) is 116 Å². The van der Waals surface area contributed by atoms with Gasteiger partial charge in [-0.1, -0.05) is 17.8 Å². The highest BCUT2D eigenvalue weighted by Gasteiger charge is 2.18. The fraction of sp³-hybridized carbons (Fsp3) is 0.0500. The van der Waals surface area contributed by atoms with Gasteiger partial charge in [-0.25, -0.2) is 16.8 Å². The van der Waals surface area contributed by atoms with Gasteiger partial charge in [0.1, 0.15) is 0 Å². The molecule has 0 heterocycles. The minimum Gasteiger partial charge on any atom is -0.280 e. The largest absolute Gasteiger partial charge is 0.288 e. The summed E-state index contributed by atoms with van der Waals surface area (Å²) in [5, 5.41) is 8.82. The summed E-state index contributed by atoms with van der Waals surface area (Å²) in [7, 11) is -8.09. The smallest absolute Gasteiger partial charge is 0.280 e. The quantitative estimate of drug-likeness (QED) is 0.445. The van der Waals surface area contributed by atoms with Crippen LogP contribution in [0, 0.1) is 11.3 Å². The Morgan fingerprint density at radius 2 is 1.38 bits per heavy atom. The maximum absolute atomic E-state index is 12.7. The number of hydrogen-bond acceptors (Lipinski definition) is 6. The molecular formula is C20H15F2N3O4S3. The SMILES string of the molecule is N#Cc1ccc(S(=O)(=O)Nc2cccc(S(=O)(=O)Nc3ccc(SC(F)F)cc3)c2)cc1. The average Bonchev–Trinajstić information content (AvgIpc) is 2.74. The van der Waals surface area contributed by atoms with Crippen molar-refractivity contribution in [2.45, 2.75) is 20.4 Å². The monoisotopic (exact) mass is 495 g/mol. The Bertz CT molecular complexity index is 1350. The standard InChI is InChI=1S/C20H15F2N3O4S3/c21-20(22)30-17-8-6-15(7-9-17)24-32(28,29)19-3-1-2-16(12-19)25-31(26,27)18-10-4-14(13-23)5-11-18/h1-12,20,24-25H. The highest BCUT2D eigenvalue weighted by atomic mass is 32.2. The normalized spacial score (nSPS) is 11.7. The first-order valence-electron chi connectivity index (χ1n) is 8.80. The Hall–Kier alpha value is -3.14. The van der Waals surface area contributed by atoms with Crippen molar-refractivity contribution in [2.24, 2.45) is 0 Å². The summed E-state index contributed by atoms with van der Waals surface area (Å²) in [6.07, 6.45) is 0. The molecule has 0 fully saturated rings. The molecule has 7 nitrogen and oxygen atoms in total. The van der Waals surface area contributed by atoms with Gasteiger partial charge < -0.3 is 0 Å². The van der Waals surface area contributed by atoms with Gasteiger partial charge in [0, 0.05) is 10.6 Å². The van der Waals surface area contributed by atoms with E-state index in [-0.39, 0.29) is 26.1 Å². The second-order valence-electron chi connectivity index (χ2n) is 6.28. The highest BCUT2D eigenvalue weighted by molar-refractivity contribution is 7.99. The van der Waals surface area contributed by atoms with E-state index in [1.54, 1.807) is 0 Å². The number of anilines is 2. The number of nitriles is 1. The molecule has 0 saturated carbocycles. The van der Waals surface area contributed by atoms with Crippen molar-refractivity contribution >= 4 is 43.2 Å². The van der Waals surface area contributed by atoms with E-state index in [2.05, 4.69) is 9.44 Å². The van der Waals surface area contributed by atoms with Crippen LogP contribution in [0.5, 0.6) is 0 Å². The molecule has 0 aliphatic rings. The maximum atomic E-state index is 12.7. The number of nitrogens with zero attached hydrogens (tertiary/aromatic N) is 1. The van der Waals surface area contributed by atoms with Crippen molar-refractivity contribution in [3.05, 3.63) is 78.4 Å². The van der Waals surface area contributed by atoms with Crippen LogP contribution < -0.4 is 9.44 Å². The summed E-state index contributed by atoms with van der Waals surface area (Å²) in [6, 6.07) is 17.7. The lowest BCUT2D eigenvalue weighted by Crippen LogP contribution is -2.15. The Morgan fingerprint density at radius 1 is 0.781 bits per heavy atom. The van der Waals surface area contributed by atoms with Crippen molar-refractivity contribution in [1.82, 2.24) is 0 Å². The van der Waals surface area contributed by atoms with E-state index < -0.39 is 25.8 Å². The number of hydrogen-bond donors (Lipinski definition) is 2. The Kier molecular flexibility index (Phi) is 7.02. The lowest BCUT2D eigenvalue weighted by molar-refractivity contribution is 0.252. The lowest BCUT2D eigenvalue weighted by Gasteiger charge is -2.12. The second-order valence-corrected chi connectivity index (χ2v) is 10.7. The lowest BCUT2D eigenvalue weighted by atomic mass is 10.2. The second kappa shape index (κ2) is 9.56. The van der Waals surface area contributed by atoms with Crippen LogP contribution in [0.1, 0.15) is 5.56 Å². The number of sulfonamides is 2. The summed E-state index contributed by atoms with van der Waals surface area (Å²) in [4.78, 5) is -0.0182. The molecule has 3 aromatic rings. The van der Waals surface area contributed by atoms with Gasteiger partial charge in [-0.05, 0) is 66.7 Å². The fourth-order valence-corrected chi connectivity index (χ4v) is 5.22. The minimum absolute atomic E-state index is 0.0147. The summed E-state index contributed by atoms with van der Waals surface area (Å²) < 4.78 is 79.9. The number of rotatable bonds is 8. The molecule has 0 spiro atoms. The molecule has 0 unspecified atom stereocenters. The Balaban J connectivity index is 1.79. The molecule has 0 aromatic heterocycles. The summed E-state index contributed by atoms with van der Waals surface area (Å²) in [6.45, 7) is 0. The summed E-state index contributed by atoms with van der Waals surface area (Å²) in [5.41, 5.74) is 0.469. The van der Waals surface area contributed by atoms with Crippen LogP contribution in [0.2, 0.25) is 0 Å². The van der Waals surface area contributed by atoms with Gasteiger partial charge in [-0.2, -0.15) is 14.0 Å². The molecule has 166 valence electrons. The number of alkyl halides is 2. The van der Waals surface area contributed by atoms with E-state index in [0.29, 0.717) is 17.3 Å². The first-order chi connectivity index (χ1) is 15.1. The average molecular weight is 496 g/mol. The van der Waals surface area contributed by atoms with Crippen LogP contribution in [0.3, 0.4) is 0 Å². The number of benzene rings is 3. The van der Waals surface area contributed by atoms with E-state index in [1.165, 1.54) is 66.7 Å². The number of nitrogens with one attached hydrogen (secondary N) is 2.